The van der Waals surface area contributed by atoms with Crippen molar-refractivity contribution in [3.8, 4) is 5.75 Å². The molecule has 3 amide bonds. The Morgan fingerprint density at radius 2 is 1.47 bits per heavy atom. The van der Waals surface area contributed by atoms with Gasteiger partial charge in [-0.1, -0.05) is 37.6 Å². The van der Waals surface area contributed by atoms with Gasteiger partial charge >= 0.3 is 6.09 Å². The largest absolute Gasteiger partial charge is 0.484 e. The first-order chi connectivity index (χ1) is 15.2. The van der Waals surface area contributed by atoms with Gasteiger partial charge < -0.3 is 25.4 Å². The van der Waals surface area contributed by atoms with Crippen molar-refractivity contribution >= 4 is 29.3 Å². The molecule has 0 spiro atoms. The van der Waals surface area contributed by atoms with Gasteiger partial charge in [0.05, 0.1) is 11.4 Å². The molecule has 172 valence electrons. The fourth-order valence-electron chi connectivity index (χ4n) is 2.74. The van der Waals surface area contributed by atoms with Crippen molar-refractivity contribution in [2.75, 3.05) is 23.8 Å². The van der Waals surface area contributed by atoms with Crippen molar-refractivity contribution in [1.82, 2.24) is 5.32 Å². The first-order valence-corrected chi connectivity index (χ1v) is 10.5. The fraction of sp³-hybridized carbons (Fsp3) is 0.375. The van der Waals surface area contributed by atoms with Crippen LogP contribution in [0.2, 0.25) is 0 Å². The molecular weight excluding hydrogens is 410 g/mol. The summed E-state index contributed by atoms with van der Waals surface area (Å²) in [7, 11) is 0. The SMILES string of the molecule is CCCc1ccc(OCC(=O)Nc2ccccc2NC(=O)CNC(=O)OC(C)(C)C)cc1. The molecule has 0 saturated carbocycles. The Kier molecular flexibility index (Phi) is 9.07. The zero-order valence-corrected chi connectivity index (χ0v) is 19.0. The van der Waals surface area contributed by atoms with Crippen molar-refractivity contribution in [3.63, 3.8) is 0 Å². The van der Waals surface area contributed by atoms with Crippen molar-refractivity contribution in [1.29, 1.82) is 0 Å². The maximum Gasteiger partial charge on any atom is 0.408 e. The minimum absolute atomic E-state index is 0.171. The third-order valence-electron chi connectivity index (χ3n) is 4.10. The summed E-state index contributed by atoms with van der Waals surface area (Å²) in [5.41, 5.74) is 1.39. The number of ether oxygens (including phenoxy) is 2. The lowest BCUT2D eigenvalue weighted by atomic mass is 10.1. The van der Waals surface area contributed by atoms with E-state index in [0.717, 1.165) is 12.8 Å². The lowest BCUT2D eigenvalue weighted by Crippen LogP contribution is -2.37. The number of nitrogens with one attached hydrogen (secondary N) is 3. The van der Waals surface area contributed by atoms with Gasteiger partial charge in [-0.3, -0.25) is 9.59 Å². The van der Waals surface area contributed by atoms with E-state index in [-0.39, 0.29) is 19.1 Å². The summed E-state index contributed by atoms with van der Waals surface area (Å²) in [6, 6.07) is 14.4. The van der Waals surface area contributed by atoms with E-state index >= 15 is 0 Å². The molecule has 2 aromatic rings. The Labute approximate surface area is 188 Å². The number of aryl methyl sites for hydroxylation is 1. The lowest BCUT2D eigenvalue weighted by Gasteiger charge is -2.19. The van der Waals surface area contributed by atoms with E-state index in [2.05, 4.69) is 22.9 Å². The summed E-state index contributed by atoms with van der Waals surface area (Å²) in [6.07, 6.45) is 1.38. The second-order valence-corrected chi connectivity index (χ2v) is 8.18. The summed E-state index contributed by atoms with van der Waals surface area (Å²) in [6.45, 7) is 6.88. The maximum absolute atomic E-state index is 12.3. The molecule has 0 atom stereocenters. The predicted molar refractivity (Wildman–Crippen MR) is 124 cm³/mol. The quantitative estimate of drug-likeness (QED) is 0.543. The average molecular weight is 442 g/mol. The third-order valence-corrected chi connectivity index (χ3v) is 4.10. The highest BCUT2D eigenvalue weighted by molar-refractivity contribution is 6.01. The van der Waals surface area contributed by atoms with Crippen LogP contribution in [0.1, 0.15) is 39.7 Å². The van der Waals surface area contributed by atoms with Gasteiger partial charge in [-0.05, 0) is 57.0 Å². The number of rotatable bonds is 9. The zero-order valence-electron chi connectivity index (χ0n) is 19.0. The van der Waals surface area contributed by atoms with Crippen molar-refractivity contribution < 1.29 is 23.9 Å². The number of anilines is 2. The Morgan fingerprint density at radius 3 is 2.03 bits per heavy atom. The van der Waals surface area contributed by atoms with Crippen LogP contribution in [0.3, 0.4) is 0 Å². The summed E-state index contributed by atoms with van der Waals surface area (Å²) in [5, 5.41) is 7.77. The molecular formula is C24H31N3O5. The molecule has 2 rings (SSSR count). The van der Waals surface area contributed by atoms with Crippen LogP contribution >= 0.6 is 0 Å². The van der Waals surface area contributed by atoms with Gasteiger partial charge in [0.15, 0.2) is 6.61 Å². The number of hydrogen-bond donors (Lipinski definition) is 3. The van der Waals surface area contributed by atoms with Gasteiger partial charge in [0, 0.05) is 0 Å². The summed E-state index contributed by atoms with van der Waals surface area (Å²) < 4.78 is 10.6. The van der Waals surface area contributed by atoms with E-state index in [4.69, 9.17) is 9.47 Å². The number of carbonyl (C=O) groups is 3. The fourth-order valence-corrected chi connectivity index (χ4v) is 2.74. The molecule has 0 saturated heterocycles. The second-order valence-electron chi connectivity index (χ2n) is 8.18. The highest BCUT2D eigenvalue weighted by atomic mass is 16.6. The van der Waals surface area contributed by atoms with E-state index in [1.54, 1.807) is 45.0 Å². The van der Waals surface area contributed by atoms with Gasteiger partial charge in [0.25, 0.3) is 5.91 Å². The molecule has 8 heteroatoms. The number of alkyl carbamates (subject to hydrolysis) is 1. The summed E-state index contributed by atoms with van der Waals surface area (Å²) >= 11 is 0. The van der Waals surface area contributed by atoms with E-state index in [1.807, 2.05) is 24.3 Å². The molecule has 32 heavy (non-hydrogen) atoms. The third kappa shape index (κ3) is 9.07. The van der Waals surface area contributed by atoms with E-state index in [9.17, 15) is 14.4 Å². The summed E-state index contributed by atoms with van der Waals surface area (Å²) in [4.78, 5) is 36.2. The van der Waals surface area contributed by atoms with Crippen molar-refractivity contribution in [3.05, 3.63) is 54.1 Å². The monoisotopic (exact) mass is 441 g/mol. The molecule has 2 aromatic carbocycles. The number of benzene rings is 2. The number of para-hydroxylation sites is 2. The minimum atomic E-state index is -0.686. The Hall–Kier alpha value is -3.55. The zero-order chi connectivity index (χ0) is 23.6. The van der Waals surface area contributed by atoms with Crippen LogP contribution in [-0.2, 0) is 20.7 Å². The molecule has 0 aliphatic carbocycles. The first kappa shape index (κ1) is 24.7. The number of carbonyl (C=O) groups excluding carboxylic acids is 3. The molecule has 0 aliphatic rings. The van der Waals surface area contributed by atoms with Crippen LogP contribution in [0.5, 0.6) is 5.75 Å². The van der Waals surface area contributed by atoms with Gasteiger partial charge in [-0.2, -0.15) is 0 Å². The maximum atomic E-state index is 12.3. The average Bonchev–Trinajstić information content (AvgIpc) is 2.72. The van der Waals surface area contributed by atoms with Gasteiger partial charge in [0.2, 0.25) is 5.91 Å². The van der Waals surface area contributed by atoms with Crippen LogP contribution in [0.25, 0.3) is 0 Å². The smallest absolute Gasteiger partial charge is 0.408 e. The van der Waals surface area contributed by atoms with Crippen molar-refractivity contribution in [2.45, 2.75) is 46.1 Å². The molecule has 0 bridgehead atoms. The molecule has 0 aromatic heterocycles. The van der Waals surface area contributed by atoms with Crippen LogP contribution < -0.4 is 20.7 Å². The van der Waals surface area contributed by atoms with Gasteiger partial charge in [0.1, 0.15) is 17.9 Å². The Morgan fingerprint density at radius 1 is 0.875 bits per heavy atom. The van der Waals surface area contributed by atoms with Crippen LogP contribution in [0.15, 0.2) is 48.5 Å². The van der Waals surface area contributed by atoms with E-state index < -0.39 is 17.6 Å². The van der Waals surface area contributed by atoms with Gasteiger partial charge in [-0.15, -0.1) is 0 Å². The molecule has 0 fully saturated rings. The highest BCUT2D eigenvalue weighted by Gasteiger charge is 2.17. The molecule has 3 N–H and O–H groups in total. The standard InChI is InChI=1S/C24H31N3O5/c1-5-8-17-11-13-18(14-12-17)31-16-22(29)27-20-10-7-6-9-19(20)26-21(28)15-25-23(30)32-24(2,3)4/h6-7,9-14H,5,8,15-16H2,1-4H3,(H,25,30)(H,26,28)(H,27,29). The Bertz CT molecular complexity index is 920. The van der Waals surface area contributed by atoms with Crippen LogP contribution in [0, 0.1) is 0 Å². The molecule has 0 radical (unpaired) electrons. The number of hydrogen-bond acceptors (Lipinski definition) is 5. The number of amides is 3. The van der Waals surface area contributed by atoms with Crippen LogP contribution in [-0.4, -0.2) is 36.7 Å². The minimum Gasteiger partial charge on any atom is -0.484 e. The lowest BCUT2D eigenvalue weighted by molar-refractivity contribution is -0.118. The van der Waals surface area contributed by atoms with Crippen molar-refractivity contribution in [2.24, 2.45) is 0 Å². The Balaban J connectivity index is 1.86. The van der Waals surface area contributed by atoms with E-state index in [1.165, 1.54) is 5.56 Å². The van der Waals surface area contributed by atoms with Crippen LogP contribution in [0.4, 0.5) is 16.2 Å². The normalized spacial score (nSPS) is 10.8. The summed E-state index contributed by atoms with van der Waals surface area (Å²) in [5.74, 6) is -0.216. The predicted octanol–water partition coefficient (Wildman–Crippen LogP) is 4.12. The molecule has 8 nitrogen and oxygen atoms in total. The molecule has 0 unspecified atom stereocenters. The molecule has 0 aliphatic heterocycles. The van der Waals surface area contributed by atoms with E-state index in [0.29, 0.717) is 17.1 Å². The topological polar surface area (TPSA) is 106 Å². The highest BCUT2D eigenvalue weighted by Crippen LogP contribution is 2.21. The first-order valence-electron chi connectivity index (χ1n) is 10.5. The van der Waals surface area contributed by atoms with Gasteiger partial charge in [-0.25, -0.2) is 4.79 Å². The molecule has 0 heterocycles. The second kappa shape index (κ2) is 11.7.